The first kappa shape index (κ1) is 30.7. The SMILES string of the molecule is Cl.Cl.Cl.O=C1C=C(N2CC2)C(=O)C(N2CC2)=C1N1CC1.c1ccc(P(c2ccccc2)c2ccccc2)cc1. The fraction of sp³-hybridized carbons (Fsp3) is 0.200. The van der Waals surface area contributed by atoms with Crippen LogP contribution >= 0.6 is 45.1 Å². The van der Waals surface area contributed by atoms with E-state index in [4.69, 9.17) is 0 Å². The van der Waals surface area contributed by atoms with E-state index in [0.717, 1.165) is 39.3 Å². The van der Waals surface area contributed by atoms with Crippen molar-refractivity contribution in [1.29, 1.82) is 0 Å². The normalized spacial score (nSPS) is 16.7. The van der Waals surface area contributed by atoms with Crippen molar-refractivity contribution in [3.05, 3.63) is 114 Å². The Balaban J connectivity index is 0.000000201. The highest BCUT2D eigenvalue weighted by Gasteiger charge is 2.43. The summed E-state index contributed by atoms with van der Waals surface area (Å²) in [5.41, 5.74) is 1.89. The summed E-state index contributed by atoms with van der Waals surface area (Å²) in [4.78, 5) is 30.5. The van der Waals surface area contributed by atoms with Gasteiger partial charge in [-0.15, -0.1) is 37.2 Å². The van der Waals surface area contributed by atoms with Crippen LogP contribution in [0.3, 0.4) is 0 Å². The van der Waals surface area contributed by atoms with Gasteiger partial charge < -0.3 is 14.7 Å². The number of allylic oxidation sites excluding steroid dienone is 1. The van der Waals surface area contributed by atoms with E-state index in [0.29, 0.717) is 17.1 Å². The van der Waals surface area contributed by atoms with Gasteiger partial charge in [-0.1, -0.05) is 91.0 Å². The first-order valence-corrected chi connectivity index (χ1v) is 13.8. The number of nitrogens with zero attached hydrogens (tertiary/aromatic N) is 3. The van der Waals surface area contributed by atoms with E-state index in [-0.39, 0.29) is 48.8 Å². The van der Waals surface area contributed by atoms with Crippen LogP contribution < -0.4 is 15.9 Å². The van der Waals surface area contributed by atoms with Crippen molar-refractivity contribution in [2.45, 2.75) is 0 Å². The molecule has 3 heterocycles. The van der Waals surface area contributed by atoms with Crippen LogP contribution in [0.2, 0.25) is 0 Å². The maximum Gasteiger partial charge on any atom is 0.227 e. The van der Waals surface area contributed by atoms with Crippen molar-refractivity contribution in [3.8, 4) is 0 Å². The van der Waals surface area contributed by atoms with Crippen LogP contribution in [0.15, 0.2) is 114 Å². The average Bonchev–Trinajstić information content (AvgIpc) is 3.77. The van der Waals surface area contributed by atoms with Gasteiger partial charge in [0.1, 0.15) is 11.4 Å². The molecule has 7 rings (SSSR count). The molecule has 3 fully saturated rings. The van der Waals surface area contributed by atoms with E-state index in [1.54, 1.807) is 0 Å². The molecule has 39 heavy (non-hydrogen) atoms. The Bertz CT molecular complexity index is 1250. The lowest BCUT2D eigenvalue weighted by atomic mass is 10.0. The summed E-state index contributed by atoms with van der Waals surface area (Å²) in [5.74, 6) is 0.0485. The van der Waals surface area contributed by atoms with Crippen LogP contribution in [0, 0.1) is 0 Å². The highest BCUT2D eigenvalue weighted by Crippen LogP contribution is 2.34. The number of carbonyl (C=O) groups excluding carboxylic acids is 2. The fourth-order valence-corrected chi connectivity index (χ4v) is 6.76. The van der Waals surface area contributed by atoms with E-state index in [1.807, 2.05) is 14.7 Å². The summed E-state index contributed by atoms with van der Waals surface area (Å²) in [6.45, 7) is 5.41. The Morgan fingerprint density at radius 2 is 0.846 bits per heavy atom. The van der Waals surface area contributed by atoms with Gasteiger partial charge in [-0.2, -0.15) is 0 Å². The van der Waals surface area contributed by atoms with Gasteiger partial charge in [0.2, 0.25) is 11.6 Å². The van der Waals surface area contributed by atoms with Gasteiger partial charge in [0.05, 0.1) is 5.70 Å². The molecule has 3 saturated heterocycles. The minimum absolute atomic E-state index is 0. The standard InChI is InChI=1S/C18H15P.C12H13N3O2.3ClH/c1-4-10-16(11-5-1)19(17-12-6-2-7-13-17)18-14-8-3-9-15-18;16-9-7-8(13-1-2-13)12(17)11(15-5-6-15)10(9)14-3-4-14;;;/h1-15H;7H,1-6H2;3*1H. The van der Waals surface area contributed by atoms with Gasteiger partial charge >= 0.3 is 0 Å². The number of halogens is 3. The third kappa shape index (κ3) is 7.04. The van der Waals surface area contributed by atoms with Gasteiger partial charge in [-0.3, -0.25) is 9.59 Å². The second-order valence-electron chi connectivity index (χ2n) is 9.22. The lowest BCUT2D eigenvalue weighted by Crippen LogP contribution is -2.29. The van der Waals surface area contributed by atoms with E-state index in [2.05, 4.69) is 91.0 Å². The average molecular weight is 603 g/mol. The zero-order chi connectivity index (χ0) is 24.5. The molecule has 0 aromatic heterocycles. The second kappa shape index (κ2) is 13.5. The molecule has 4 aliphatic rings. The smallest absolute Gasteiger partial charge is 0.227 e. The van der Waals surface area contributed by atoms with Gasteiger partial charge in [0.15, 0.2) is 0 Å². The molecule has 0 atom stereocenters. The lowest BCUT2D eigenvalue weighted by molar-refractivity contribution is -0.117. The third-order valence-corrected chi connectivity index (χ3v) is 8.97. The first-order chi connectivity index (χ1) is 17.7. The maximum atomic E-state index is 12.4. The molecular weight excluding hydrogens is 572 g/mol. The predicted molar refractivity (Wildman–Crippen MR) is 167 cm³/mol. The van der Waals surface area contributed by atoms with Crippen LogP contribution in [0.4, 0.5) is 0 Å². The number of carbonyl (C=O) groups is 2. The van der Waals surface area contributed by atoms with Crippen molar-refractivity contribution in [2.75, 3.05) is 39.3 Å². The summed E-state index contributed by atoms with van der Waals surface area (Å²) in [6.07, 6.45) is 1.52. The van der Waals surface area contributed by atoms with Crippen LogP contribution in [0.5, 0.6) is 0 Å². The summed E-state index contributed by atoms with van der Waals surface area (Å²) >= 11 is 0. The minimum Gasteiger partial charge on any atom is -0.365 e. The summed E-state index contributed by atoms with van der Waals surface area (Å²) in [6, 6.07) is 32.3. The van der Waals surface area contributed by atoms with Gasteiger partial charge in [-0.25, -0.2) is 0 Å². The summed E-state index contributed by atoms with van der Waals surface area (Å²) in [7, 11) is -0.446. The third-order valence-electron chi connectivity index (χ3n) is 6.53. The monoisotopic (exact) mass is 601 g/mol. The summed E-state index contributed by atoms with van der Waals surface area (Å²) in [5, 5.41) is 4.19. The summed E-state index contributed by atoms with van der Waals surface area (Å²) < 4.78 is 0. The van der Waals surface area contributed by atoms with Crippen LogP contribution in [0.1, 0.15) is 0 Å². The van der Waals surface area contributed by atoms with Crippen molar-refractivity contribution < 1.29 is 9.59 Å². The van der Waals surface area contributed by atoms with Crippen molar-refractivity contribution in [3.63, 3.8) is 0 Å². The Kier molecular flexibility index (Phi) is 10.6. The molecule has 5 nitrogen and oxygen atoms in total. The number of hydrogen-bond donors (Lipinski definition) is 0. The molecule has 9 heteroatoms. The van der Waals surface area contributed by atoms with Crippen molar-refractivity contribution >= 4 is 72.6 Å². The number of Topliss-reactive ketones (excluding diaryl/α,β-unsaturated/α-hetero) is 1. The highest BCUT2D eigenvalue weighted by atomic mass is 35.5. The molecule has 3 aromatic carbocycles. The minimum atomic E-state index is -0.446. The number of benzene rings is 3. The Morgan fingerprint density at radius 1 is 0.487 bits per heavy atom. The van der Waals surface area contributed by atoms with Crippen molar-refractivity contribution in [2.24, 2.45) is 0 Å². The fourth-order valence-electron chi connectivity index (χ4n) is 4.45. The second-order valence-corrected chi connectivity index (χ2v) is 11.4. The molecule has 0 amide bonds. The molecule has 0 saturated carbocycles. The van der Waals surface area contributed by atoms with Gasteiger partial charge in [0.25, 0.3) is 0 Å². The zero-order valence-electron chi connectivity index (χ0n) is 21.3. The Hall–Kier alpha value is -2.82. The molecule has 3 aliphatic heterocycles. The van der Waals surface area contributed by atoms with E-state index >= 15 is 0 Å². The Morgan fingerprint density at radius 3 is 1.21 bits per heavy atom. The first-order valence-electron chi connectivity index (χ1n) is 12.5. The van der Waals surface area contributed by atoms with E-state index < -0.39 is 7.92 Å². The van der Waals surface area contributed by atoms with Crippen LogP contribution in [0.25, 0.3) is 0 Å². The largest absolute Gasteiger partial charge is 0.365 e. The molecule has 0 radical (unpaired) electrons. The van der Waals surface area contributed by atoms with Crippen LogP contribution in [-0.4, -0.2) is 65.5 Å². The van der Waals surface area contributed by atoms with Gasteiger partial charge in [0, 0.05) is 45.3 Å². The molecular formula is C30H31Cl3N3O2P. The molecule has 0 bridgehead atoms. The van der Waals surface area contributed by atoms with Crippen molar-refractivity contribution in [1.82, 2.24) is 14.7 Å². The quantitative estimate of drug-likeness (QED) is 0.243. The van der Waals surface area contributed by atoms with E-state index in [9.17, 15) is 9.59 Å². The number of hydrogen-bond acceptors (Lipinski definition) is 5. The molecule has 0 N–H and O–H groups in total. The molecule has 3 aromatic rings. The number of ketones is 2. The van der Waals surface area contributed by atoms with E-state index in [1.165, 1.54) is 22.0 Å². The highest BCUT2D eigenvalue weighted by molar-refractivity contribution is 7.79. The molecule has 0 unspecified atom stereocenters. The lowest BCUT2D eigenvalue weighted by Gasteiger charge is -2.21. The maximum absolute atomic E-state index is 12.4. The molecule has 204 valence electrons. The topological polar surface area (TPSA) is 43.2 Å². The number of rotatable bonds is 6. The molecule has 0 spiro atoms. The zero-order valence-corrected chi connectivity index (χ0v) is 24.7. The van der Waals surface area contributed by atoms with Crippen LogP contribution in [-0.2, 0) is 9.59 Å². The predicted octanol–water partition coefficient (Wildman–Crippen LogP) is 3.89. The Labute approximate surface area is 249 Å². The van der Waals surface area contributed by atoms with Gasteiger partial charge in [-0.05, 0) is 23.8 Å². The molecule has 1 aliphatic carbocycles.